The van der Waals surface area contributed by atoms with E-state index in [2.05, 4.69) is 20.3 Å². The minimum atomic E-state index is 0.199. The van der Waals surface area contributed by atoms with Crippen LogP contribution in [-0.2, 0) is 0 Å². The highest BCUT2D eigenvalue weighted by Gasteiger charge is 2.10. The van der Waals surface area contributed by atoms with Crippen molar-refractivity contribution in [2.75, 3.05) is 5.32 Å². The monoisotopic (exact) mass is 346 g/mol. The molecule has 108 valence electrons. The zero-order valence-corrected chi connectivity index (χ0v) is 13.4. The van der Waals surface area contributed by atoms with Gasteiger partial charge in [-0.25, -0.2) is 9.97 Å². The normalized spacial score (nSPS) is 11.2. The number of nitrogens with zero attached hydrogens (tertiary/aromatic N) is 3. The van der Waals surface area contributed by atoms with Crippen molar-refractivity contribution in [3.05, 3.63) is 52.8 Å². The van der Waals surface area contributed by atoms with Gasteiger partial charge < -0.3 is 5.32 Å². The van der Waals surface area contributed by atoms with E-state index in [0.29, 0.717) is 10.8 Å². The second-order valence-corrected chi connectivity index (χ2v) is 6.42. The second-order valence-electron chi connectivity index (χ2n) is 4.61. The molecule has 0 saturated heterocycles. The highest BCUT2D eigenvalue weighted by Crippen LogP contribution is 2.31. The minimum Gasteiger partial charge on any atom is -0.316 e. The van der Waals surface area contributed by atoms with Gasteiger partial charge in [0.15, 0.2) is 5.13 Å². The van der Waals surface area contributed by atoms with E-state index in [0.717, 1.165) is 26.3 Å². The molecule has 0 fully saturated rings. The lowest BCUT2D eigenvalue weighted by atomic mass is 10.2. The summed E-state index contributed by atoms with van der Waals surface area (Å²) in [6, 6.07) is 13.3. The van der Waals surface area contributed by atoms with Crippen LogP contribution in [0.3, 0.4) is 0 Å². The van der Waals surface area contributed by atoms with Crippen LogP contribution in [0.15, 0.2) is 42.5 Å². The Morgan fingerprint density at radius 1 is 0.909 bits per heavy atom. The van der Waals surface area contributed by atoms with Gasteiger partial charge in [-0.05, 0) is 41.9 Å². The maximum Gasteiger partial charge on any atom is 0.224 e. The minimum absolute atomic E-state index is 0.199. The molecule has 22 heavy (non-hydrogen) atoms. The van der Waals surface area contributed by atoms with Crippen molar-refractivity contribution in [3.63, 3.8) is 0 Å². The van der Waals surface area contributed by atoms with Gasteiger partial charge in [0.25, 0.3) is 0 Å². The van der Waals surface area contributed by atoms with Crippen molar-refractivity contribution >= 4 is 66.6 Å². The molecule has 0 spiro atoms. The van der Waals surface area contributed by atoms with Gasteiger partial charge >= 0.3 is 0 Å². The Hall–Kier alpha value is -1.95. The average Bonchev–Trinajstić information content (AvgIpc) is 2.88. The van der Waals surface area contributed by atoms with Crippen molar-refractivity contribution in [2.24, 2.45) is 0 Å². The highest BCUT2D eigenvalue weighted by molar-refractivity contribution is 7.22. The van der Waals surface area contributed by atoms with Gasteiger partial charge in [0, 0.05) is 10.4 Å². The van der Waals surface area contributed by atoms with Crippen molar-refractivity contribution in [1.82, 2.24) is 15.0 Å². The Morgan fingerprint density at radius 3 is 2.68 bits per heavy atom. The third kappa shape index (κ3) is 2.47. The highest BCUT2D eigenvalue weighted by atomic mass is 35.5. The number of fused-ring (bicyclic) bond motifs is 2. The number of nitrogens with one attached hydrogen (secondary N) is 1. The number of thiazole rings is 1. The number of anilines is 2. The lowest BCUT2D eigenvalue weighted by Gasteiger charge is -2.06. The van der Waals surface area contributed by atoms with Crippen LogP contribution in [0.1, 0.15) is 0 Å². The standard InChI is InChI=1S/C15H8Cl2N4S/c16-8-5-6-11-12(7-8)22-15(19-11)21-13-9-3-1-2-4-10(9)18-14(17)20-13/h1-7H,(H,18,19,20,21). The van der Waals surface area contributed by atoms with E-state index in [1.54, 1.807) is 0 Å². The lowest BCUT2D eigenvalue weighted by Crippen LogP contribution is -1.96. The Labute approximate surface area is 139 Å². The number of aromatic nitrogens is 3. The van der Waals surface area contributed by atoms with E-state index in [1.165, 1.54) is 11.3 Å². The van der Waals surface area contributed by atoms with Crippen LogP contribution in [0.4, 0.5) is 10.9 Å². The number of halogens is 2. The van der Waals surface area contributed by atoms with Gasteiger partial charge in [0.05, 0.1) is 15.7 Å². The second kappa shape index (κ2) is 5.35. The largest absolute Gasteiger partial charge is 0.316 e. The molecular weight excluding hydrogens is 339 g/mol. The molecule has 7 heteroatoms. The number of rotatable bonds is 2. The number of para-hydroxylation sites is 1. The summed E-state index contributed by atoms with van der Waals surface area (Å²) in [5, 5.41) is 5.74. The lowest BCUT2D eigenvalue weighted by molar-refractivity contribution is 1.21. The zero-order valence-electron chi connectivity index (χ0n) is 11.0. The van der Waals surface area contributed by atoms with Gasteiger partial charge in [-0.15, -0.1) is 0 Å². The summed E-state index contributed by atoms with van der Waals surface area (Å²) in [7, 11) is 0. The van der Waals surface area contributed by atoms with Gasteiger partial charge in [-0.3, -0.25) is 0 Å². The maximum atomic E-state index is 6.01. The summed E-state index contributed by atoms with van der Waals surface area (Å²) in [6.07, 6.45) is 0. The van der Waals surface area contributed by atoms with E-state index in [9.17, 15) is 0 Å². The zero-order chi connectivity index (χ0) is 15.1. The fourth-order valence-corrected chi connectivity index (χ4v) is 3.51. The van der Waals surface area contributed by atoms with Crippen LogP contribution in [0, 0.1) is 0 Å². The number of hydrogen-bond donors (Lipinski definition) is 1. The van der Waals surface area contributed by atoms with Crippen LogP contribution in [0.5, 0.6) is 0 Å². The third-order valence-corrected chi connectivity index (χ3v) is 4.49. The molecule has 0 aliphatic carbocycles. The van der Waals surface area contributed by atoms with Gasteiger partial charge in [-0.1, -0.05) is 35.1 Å². The van der Waals surface area contributed by atoms with Crippen LogP contribution in [-0.4, -0.2) is 15.0 Å². The van der Waals surface area contributed by atoms with Gasteiger partial charge in [0.2, 0.25) is 5.28 Å². The first-order valence-electron chi connectivity index (χ1n) is 6.44. The predicted octanol–water partition coefficient (Wildman–Crippen LogP) is 5.29. The molecule has 2 aromatic heterocycles. The molecule has 0 unspecified atom stereocenters. The fourth-order valence-electron chi connectivity index (χ4n) is 2.20. The van der Waals surface area contributed by atoms with Gasteiger partial charge in [-0.2, -0.15) is 4.98 Å². The Kier molecular flexibility index (Phi) is 3.33. The number of benzene rings is 2. The van der Waals surface area contributed by atoms with Crippen LogP contribution in [0.2, 0.25) is 10.3 Å². The maximum absolute atomic E-state index is 6.01. The first-order chi connectivity index (χ1) is 10.7. The van der Waals surface area contributed by atoms with Crippen molar-refractivity contribution in [3.8, 4) is 0 Å². The van der Waals surface area contributed by atoms with E-state index >= 15 is 0 Å². The molecule has 0 amide bonds. The van der Waals surface area contributed by atoms with Crippen molar-refractivity contribution < 1.29 is 0 Å². The molecule has 0 radical (unpaired) electrons. The molecule has 4 rings (SSSR count). The van der Waals surface area contributed by atoms with Gasteiger partial charge in [0.1, 0.15) is 5.82 Å². The van der Waals surface area contributed by atoms with Crippen LogP contribution >= 0.6 is 34.5 Å². The van der Waals surface area contributed by atoms with E-state index in [4.69, 9.17) is 23.2 Å². The molecule has 4 aromatic rings. The fraction of sp³-hybridized carbons (Fsp3) is 0. The summed E-state index contributed by atoms with van der Waals surface area (Å²) in [5.41, 5.74) is 1.68. The average molecular weight is 347 g/mol. The molecule has 1 N–H and O–H groups in total. The predicted molar refractivity (Wildman–Crippen MR) is 92.5 cm³/mol. The Balaban J connectivity index is 1.81. The van der Waals surface area contributed by atoms with E-state index in [1.807, 2.05) is 42.5 Å². The molecule has 2 heterocycles. The molecule has 2 aromatic carbocycles. The molecule has 0 atom stereocenters. The molecular formula is C15H8Cl2N4S. The van der Waals surface area contributed by atoms with Crippen molar-refractivity contribution in [1.29, 1.82) is 0 Å². The topological polar surface area (TPSA) is 50.7 Å². The van der Waals surface area contributed by atoms with E-state index in [-0.39, 0.29) is 5.28 Å². The smallest absolute Gasteiger partial charge is 0.224 e. The first kappa shape index (κ1) is 13.7. The number of hydrogen-bond acceptors (Lipinski definition) is 5. The summed E-state index contributed by atoms with van der Waals surface area (Å²) < 4.78 is 1.01. The summed E-state index contributed by atoms with van der Waals surface area (Å²) >= 11 is 13.5. The third-order valence-electron chi connectivity index (χ3n) is 3.15. The molecule has 0 aliphatic rings. The first-order valence-corrected chi connectivity index (χ1v) is 8.02. The summed E-state index contributed by atoms with van der Waals surface area (Å²) in [4.78, 5) is 13.0. The SMILES string of the molecule is Clc1ccc2nc(Nc3nc(Cl)nc4ccccc34)sc2c1. The van der Waals surface area contributed by atoms with Crippen LogP contribution < -0.4 is 5.32 Å². The summed E-state index contributed by atoms with van der Waals surface area (Å²) in [6.45, 7) is 0. The molecule has 0 aliphatic heterocycles. The summed E-state index contributed by atoms with van der Waals surface area (Å²) in [5.74, 6) is 0.640. The quantitative estimate of drug-likeness (QED) is 0.501. The van der Waals surface area contributed by atoms with Crippen molar-refractivity contribution in [2.45, 2.75) is 0 Å². The van der Waals surface area contributed by atoms with Crippen LogP contribution in [0.25, 0.3) is 21.1 Å². The molecule has 4 nitrogen and oxygen atoms in total. The van der Waals surface area contributed by atoms with E-state index < -0.39 is 0 Å². The Bertz CT molecular complexity index is 999. The Morgan fingerprint density at radius 2 is 1.77 bits per heavy atom. The molecule has 0 bridgehead atoms. The molecule has 0 saturated carbocycles.